The summed E-state index contributed by atoms with van der Waals surface area (Å²) < 4.78 is 11.1. The van der Waals surface area contributed by atoms with Crippen molar-refractivity contribution in [2.75, 3.05) is 19.0 Å². The lowest BCUT2D eigenvalue weighted by molar-refractivity contribution is 0.558. The van der Waals surface area contributed by atoms with Gasteiger partial charge in [0.1, 0.15) is 11.1 Å². The molecule has 0 aliphatic heterocycles. The molecule has 0 amide bonds. The number of nitrogens with zero attached hydrogens (tertiary/aromatic N) is 2. The van der Waals surface area contributed by atoms with Gasteiger partial charge in [-0.05, 0) is 35.9 Å². The molecular weight excluding hydrogens is 340 g/mol. The normalized spacial score (nSPS) is 11.3. The van der Waals surface area contributed by atoms with E-state index in [1.165, 1.54) is 6.07 Å². The van der Waals surface area contributed by atoms with Crippen molar-refractivity contribution in [3.63, 3.8) is 0 Å². The summed E-state index contributed by atoms with van der Waals surface area (Å²) in [5.74, 6) is 0.745. The lowest BCUT2D eigenvalue weighted by Crippen LogP contribution is -2.07. The van der Waals surface area contributed by atoms with Crippen LogP contribution >= 0.6 is 11.6 Å². The molecular formula is C19H15ClN2O3. The molecule has 6 heteroatoms. The number of benzene rings is 2. The fraction of sp³-hybridized carbons (Fsp3) is 0.158. The molecule has 25 heavy (non-hydrogen) atoms. The van der Waals surface area contributed by atoms with Crippen molar-refractivity contribution in [1.82, 2.24) is 4.98 Å². The third-order valence-corrected chi connectivity index (χ3v) is 4.40. The second-order valence-corrected chi connectivity index (χ2v) is 6.27. The third kappa shape index (κ3) is 2.76. The van der Waals surface area contributed by atoms with Crippen molar-refractivity contribution in [3.8, 4) is 11.5 Å². The van der Waals surface area contributed by atoms with Crippen molar-refractivity contribution in [2.24, 2.45) is 0 Å². The highest BCUT2D eigenvalue weighted by Crippen LogP contribution is 2.30. The van der Waals surface area contributed by atoms with E-state index in [0.717, 1.165) is 22.2 Å². The fourth-order valence-corrected chi connectivity index (χ4v) is 3.01. The lowest BCUT2D eigenvalue weighted by atomic mass is 10.1. The van der Waals surface area contributed by atoms with Gasteiger partial charge in [0.2, 0.25) is 5.89 Å². The first-order valence-corrected chi connectivity index (χ1v) is 8.29. The van der Waals surface area contributed by atoms with Crippen LogP contribution in [0.15, 0.2) is 56.1 Å². The Labute approximate surface area is 148 Å². The minimum atomic E-state index is -0.429. The van der Waals surface area contributed by atoms with Gasteiger partial charge >= 0.3 is 5.63 Å². The van der Waals surface area contributed by atoms with Crippen molar-refractivity contribution in [2.45, 2.75) is 5.88 Å². The molecule has 2 aromatic carbocycles. The molecule has 0 atom stereocenters. The molecule has 0 fully saturated rings. The minimum absolute atomic E-state index is 0.227. The van der Waals surface area contributed by atoms with E-state index in [1.807, 2.05) is 49.3 Å². The van der Waals surface area contributed by atoms with E-state index in [4.69, 9.17) is 20.4 Å². The molecule has 0 radical (unpaired) electrons. The SMILES string of the molecule is CN(C)c1ccc(-c2nc3cc4c(CCl)cc(=O)oc4cc3o2)cc1. The van der Waals surface area contributed by atoms with E-state index >= 15 is 0 Å². The van der Waals surface area contributed by atoms with Crippen molar-refractivity contribution < 1.29 is 8.83 Å². The van der Waals surface area contributed by atoms with Crippen LogP contribution in [0, 0.1) is 0 Å². The van der Waals surface area contributed by atoms with Crippen LogP contribution in [0.1, 0.15) is 5.56 Å². The van der Waals surface area contributed by atoms with Crippen LogP contribution in [0.2, 0.25) is 0 Å². The van der Waals surface area contributed by atoms with Crippen molar-refractivity contribution >= 4 is 39.4 Å². The average molecular weight is 355 g/mol. The van der Waals surface area contributed by atoms with Gasteiger partial charge in [0.15, 0.2) is 5.58 Å². The van der Waals surface area contributed by atoms with Gasteiger partial charge in [0.25, 0.3) is 0 Å². The van der Waals surface area contributed by atoms with Gasteiger partial charge in [0, 0.05) is 48.7 Å². The zero-order chi connectivity index (χ0) is 17.6. The molecule has 0 aliphatic rings. The van der Waals surface area contributed by atoms with Crippen LogP contribution in [0.25, 0.3) is 33.5 Å². The van der Waals surface area contributed by atoms with Crippen LogP contribution in [0.4, 0.5) is 5.69 Å². The summed E-state index contributed by atoms with van der Waals surface area (Å²) in [5.41, 5.74) is 3.97. The summed E-state index contributed by atoms with van der Waals surface area (Å²) in [7, 11) is 3.98. The third-order valence-electron chi connectivity index (χ3n) is 4.11. The Hall–Kier alpha value is -2.79. The Morgan fingerprint density at radius 1 is 1.04 bits per heavy atom. The van der Waals surface area contributed by atoms with E-state index in [0.29, 0.717) is 22.6 Å². The maximum Gasteiger partial charge on any atom is 0.336 e. The second-order valence-electron chi connectivity index (χ2n) is 6.00. The first kappa shape index (κ1) is 15.7. The zero-order valence-corrected chi connectivity index (χ0v) is 14.5. The summed E-state index contributed by atoms with van der Waals surface area (Å²) in [6.07, 6.45) is 0. The van der Waals surface area contributed by atoms with E-state index in [2.05, 4.69) is 4.98 Å². The average Bonchev–Trinajstić information content (AvgIpc) is 3.02. The number of alkyl halides is 1. The molecule has 0 unspecified atom stereocenters. The first-order chi connectivity index (χ1) is 12.0. The summed E-state index contributed by atoms with van der Waals surface area (Å²) in [4.78, 5) is 18.2. The molecule has 4 rings (SSSR count). The summed E-state index contributed by atoms with van der Waals surface area (Å²) >= 11 is 5.94. The smallest absolute Gasteiger partial charge is 0.336 e. The maximum absolute atomic E-state index is 11.6. The standard InChI is InChI=1S/C19H15ClN2O3/c1-22(2)13-5-3-11(4-6-13)19-21-15-8-14-12(10-20)7-18(23)24-16(14)9-17(15)25-19/h3-9H,10H2,1-2H3. The molecule has 0 spiro atoms. The molecule has 126 valence electrons. The molecule has 0 saturated carbocycles. The number of anilines is 1. The van der Waals surface area contributed by atoms with E-state index in [1.54, 1.807) is 6.07 Å². The minimum Gasteiger partial charge on any atom is -0.436 e. The molecule has 0 saturated heterocycles. The summed E-state index contributed by atoms with van der Waals surface area (Å²) in [5, 5.41) is 0.768. The van der Waals surface area contributed by atoms with Gasteiger partial charge in [-0.15, -0.1) is 11.6 Å². The molecule has 0 N–H and O–H groups in total. The van der Waals surface area contributed by atoms with Gasteiger partial charge in [-0.2, -0.15) is 0 Å². The highest BCUT2D eigenvalue weighted by Gasteiger charge is 2.13. The Morgan fingerprint density at radius 2 is 1.80 bits per heavy atom. The predicted molar refractivity (Wildman–Crippen MR) is 99.4 cm³/mol. The number of fused-ring (bicyclic) bond motifs is 2. The Kier molecular flexibility index (Phi) is 3.73. The van der Waals surface area contributed by atoms with E-state index in [-0.39, 0.29) is 5.88 Å². The van der Waals surface area contributed by atoms with Crippen molar-refractivity contribution in [3.05, 3.63) is 58.4 Å². The zero-order valence-electron chi connectivity index (χ0n) is 13.7. The van der Waals surface area contributed by atoms with E-state index in [9.17, 15) is 4.79 Å². The maximum atomic E-state index is 11.6. The number of rotatable bonds is 3. The van der Waals surface area contributed by atoms with Gasteiger partial charge in [0.05, 0.1) is 0 Å². The number of hydrogen-bond donors (Lipinski definition) is 0. The van der Waals surface area contributed by atoms with Crippen LogP contribution < -0.4 is 10.5 Å². The van der Waals surface area contributed by atoms with Gasteiger partial charge in [-0.25, -0.2) is 9.78 Å². The largest absolute Gasteiger partial charge is 0.436 e. The molecule has 2 aromatic heterocycles. The van der Waals surface area contributed by atoms with Crippen LogP contribution in [-0.2, 0) is 5.88 Å². The van der Waals surface area contributed by atoms with Crippen LogP contribution in [-0.4, -0.2) is 19.1 Å². The van der Waals surface area contributed by atoms with Crippen LogP contribution in [0.3, 0.4) is 0 Å². The monoisotopic (exact) mass is 354 g/mol. The molecule has 2 heterocycles. The van der Waals surface area contributed by atoms with Crippen molar-refractivity contribution in [1.29, 1.82) is 0 Å². The lowest BCUT2D eigenvalue weighted by Gasteiger charge is -2.11. The Balaban J connectivity index is 1.87. The molecule has 0 aliphatic carbocycles. The number of halogens is 1. The fourth-order valence-electron chi connectivity index (χ4n) is 2.78. The predicted octanol–water partition coefficient (Wildman–Crippen LogP) is 4.41. The highest BCUT2D eigenvalue weighted by molar-refractivity contribution is 6.18. The van der Waals surface area contributed by atoms with E-state index < -0.39 is 5.63 Å². The van der Waals surface area contributed by atoms with Crippen LogP contribution in [0.5, 0.6) is 0 Å². The summed E-state index contributed by atoms with van der Waals surface area (Å²) in [6, 6.07) is 12.9. The summed E-state index contributed by atoms with van der Waals surface area (Å²) in [6.45, 7) is 0. The molecule has 0 bridgehead atoms. The quantitative estimate of drug-likeness (QED) is 0.403. The number of aromatic nitrogens is 1. The highest BCUT2D eigenvalue weighted by atomic mass is 35.5. The Bertz CT molecular complexity index is 1130. The Morgan fingerprint density at radius 3 is 2.48 bits per heavy atom. The molecule has 5 nitrogen and oxygen atoms in total. The topological polar surface area (TPSA) is 59.5 Å². The molecule has 4 aromatic rings. The second kappa shape index (κ2) is 5.93. The number of hydrogen-bond acceptors (Lipinski definition) is 5. The van der Waals surface area contributed by atoms with Gasteiger partial charge in [-0.1, -0.05) is 0 Å². The number of oxazole rings is 1. The van der Waals surface area contributed by atoms with Gasteiger partial charge < -0.3 is 13.7 Å². The van der Waals surface area contributed by atoms with Gasteiger partial charge in [-0.3, -0.25) is 0 Å². The first-order valence-electron chi connectivity index (χ1n) is 7.76.